The molecule has 0 aliphatic rings. The van der Waals surface area contributed by atoms with Crippen molar-refractivity contribution in [3.05, 3.63) is 48.0 Å². The second-order valence-corrected chi connectivity index (χ2v) is 5.46. The highest BCUT2D eigenvalue weighted by molar-refractivity contribution is 5.85. The number of benzene rings is 1. The molecule has 2 amide bonds. The van der Waals surface area contributed by atoms with E-state index in [0.29, 0.717) is 13.1 Å². The van der Waals surface area contributed by atoms with Gasteiger partial charge in [-0.3, -0.25) is 14.4 Å². The molecule has 6 nitrogen and oxygen atoms in total. The summed E-state index contributed by atoms with van der Waals surface area (Å²) in [7, 11) is 0. The topological polar surface area (TPSA) is 75.7 Å². The van der Waals surface area contributed by atoms with Gasteiger partial charge in [0.1, 0.15) is 6.54 Å². The van der Waals surface area contributed by atoms with E-state index < -0.39 is 5.97 Å². The zero-order valence-corrected chi connectivity index (χ0v) is 14.2. The molecule has 130 valence electrons. The molecule has 0 aliphatic carbocycles. The van der Waals surface area contributed by atoms with Crippen LogP contribution in [-0.2, 0) is 25.5 Å². The average Bonchev–Trinajstić information content (AvgIpc) is 2.56. The fourth-order valence-electron chi connectivity index (χ4n) is 2.00. The summed E-state index contributed by atoms with van der Waals surface area (Å²) >= 11 is 0. The van der Waals surface area contributed by atoms with Crippen molar-refractivity contribution < 1.29 is 19.1 Å². The van der Waals surface area contributed by atoms with E-state index in [1.807, 2.05) is 44.2 Å². The predicted molar refractivity (Wildman–Crippen MR) is 91.2 cm³/mol. The van der Waals surface area contributed by atoms with Gasteiger partial charge in [0.15, 0.2) is 6.61 Å². The SMILES string of the molecule is C=C(C)CN(CC)C(=O)COC(=O)CNC(=O)Cc1ccccc1. The number of rotatable bonds is 9. The molecule has 0 radical (unpaired) electrons. The van der Waals surface area contributed by atoms with Crippen molar-refractivity contribution >= 4 is 17.8 Å². The largest absolute Gasteiger partial charge is 0.454 e. The number of carbonyl (C=O) groups excluding carboxylic acids is 3. The third-order valence-electron chi connectivity index (χ3n) is 3.19. The molecule has 0 bridgehead atoms. The monoisotopic (exact) mass is 332 g/mol. The summed E-state index contributed by atoms with van der Waals surface area (Å²) in [5, 5.41) is 2.48. The Kier molecular flexibility index (Phi) is 8.25. The average molecular weight is 332 g/mol. The highest BCUT2D eigenvalue weighted by atomic mass is 16.5. The van der Waals surface area contributed by atoms with Gasteiger partial charge in [-0.15, -0.1) is 0 Å². The van der Waals surface area contributed by atoms with Gasteiger partial charge in [0, 0.05) is 13.1 Å². The molecule has 0 atom stereocenters. The van der Waals surface area contributed by atoms with E-state index in [2.05, 4.69) is 11.9 Å². The molecule has 1 rings (SSSR count). The van der Waals surface area contributed by atoms with Crippen molar-refractivity contribution in [1.82, 2.24) is 10.2 Å². The summed E-state index contributed by atoms with van der Waals surface area (Å²) in [6.45, 7) is 7.76. The summed E-state index contributed by atoms with van der Waals surface area (Å²) < 4.78 is 4.89. The minimum absolute atomic E-state index is 0.190. The van der Waals surface area contributed by atoms with Gasteiger partial charge >= 0.3 is 5.97 Å². The Morgan fingerprint density at radius 2 is 1.88 bits per heavy atom. The Balaban J connectivity index is 2.29. The molecule has 0 saturated carbocycles. The van der Waals surface area contributed by atoms with Crippen molar-refractivity contribution in [3.8, 4) is 0 Å². The molecule has 0 unspecified atom stereocenters. The van der Waals surface area contributed by atoms with Gasteiger partial charge in [-0.05, 0) is 19.4 Å². The number of likely N-dealkylation sites (N-methyl/N-ethyl adjacent to an activating group) is 1. The van der Waals surface area contributed by atoms with Crippen LogP contribution in [0.5, 0.6) is 0 Å². The van der Waals surface area contributed by atoms with E-state index in [0.717, 1.165) is 11.1 Å². The smallest absolute Gasteiger partial charge is 0.325 e. The van der Waals surface area contributed by atoms with Gasteiger partial charge in [-0.1, -0.05) is 42.5 Å². The Labute approximate surface area is 142 Å². The second kappa shape index (κ2) is 10.2. The minimum Gasteiger partial charge on any atom is -0.454 e. The molecular weight excluding hydrogens is 308 g/mol. The van der Waals surface area contributed by atoms with Crippen molar-refractivity contribution in [2.75, 3.05) is 26.2 Å². The molecule has 24 heavy (non-hydrogen) atoms. The van der Waals surface area contributed by atoms with Crippen LogP contribution >= 0.6 is 0 Å². The van der Waals surface area contributed by atoms with Crippen molar-refractivity contribution in [3.63, 3.8) is 0 Å². The number of ether oxygens (including phenoxy) is 1. The molecule has 6 heteroatoms. The number of nitrogens with one attached hydrogen (secondary N) is 1. The van der Waals surface area contributed by atoms with Crippen LogP contribution in [-0.4, -0.2) is 48.9 Å². The second-order valence-electron chi connectivity index (χ2n) is 5.46. The summed E-state index contributed by atoms with van der Waals surface area (Å²) in [6.07, 6.45) is 0.190. The molecule has 0 fully saturated rings. The normalized spacial score (nSPS) is 9.92. The lowest BCUT2D eigenvalue weighted by molar-refractivity contribution is -0.151. The molecule has 1 aromatic rings. The minimum atomic E-state index is -0.642. The van der Waals surface area contributed by atoms with Crippen LogP contribution in [0.25, 0.3) is 0 Å². The van der Waals surface area contributed by atoms with Gasteiger partial charge in [-0.25, -0.2) is 0 Å². The van der Waals surface area contributed by atoms with E-state index in [4.69, 9.17) is 4.74 Å². The fourth-order valence-corrected chi connectivity index (χ4v) is 2.00. The van der Waals surface area contributed by atoms with Crippen LogP contribution < -0.4 is 5.32 Å². The van der Waals surface area contributed by atoms with Crippen molar-refractivity contribution in [1.29, 1.82) is 0 Å². The van der Waals surface area contributed by atoms with E-state index in [-0.39, 0.29) is 31.4 Å². The van der Waals surface area contributed by atoms with Gasteiger partial charge in [0.25, 0.3) is 5.91 Å². The van der Waals surface area contributed by atoms with E-state index in [9.17, 15) is 14.4 Å². The Morgan fingerprint density at radius 1 is 1.21 bits per heavy atom. The van der Waals surface area contributed by atoms with E-state index >= 15 is 0 Å². The Morgan fingerprint density at radius 3 is 2.46 bits per heavy atom. The van der Waals surface area contributed by atoms with E-state index in [1.165, 1.54) is 0 Å². The fraction of sp³-hybridized carbons (Fsp3) is 0.389. The lowest BCUT2D eigenvalue weighted by Crippen LogP contribution is -2.37. The van der Waals surface area contributed by atoms with Gasteiger partial charge in [-0.2, -0.15) is 0 Å². The number of carbonyl (C=O) groups is 3. The van der Waals surface area contributed by atoms with Crippen LogP contribution in [0.4, 0.5) is 0 Å². The Bertz CT molecular complexity index is 584. The predicted octanol–water partition coefficient (Wildman–Crippen LogP) is 1.31. The number of amides is 2. The number of nitrogens with zero attached hydrogens (tertiary/aromatic N) is 1. The van der Waals surface area contributed by atoms with Crippen molar-refractivity contribution in [2.24, 2.45) is 0 Å². The van der Waals surface area contributed by atoms with Crippen LogP contribution in [0.15, 0.2) is 42.5 Å². The maximum atomic E-state index is 11.9. The molecule has 0 aliphatic heterocycles. The molecule has 0 heterocycles. The first-order valence-corrected chi connectivity index (χ1v) is 7.80. The summed E-state index contributed by atoms with van der Waals surface area (Å²) in [4.78, 5) is 36.8. The van der Waals surface area contributed by atoms with Gasteiger partial charge in [0.05, 0.1) is 6.42 Å². The summed E-state index contributed by atoms with van der Waals surface area (Å²) in [5.74, 6) is -1.21. The molecular formula is C18H24N2O4. The number of esters is 1. The molecule has 1 aromatic carbocycles. The van der Waals surface area contributed by atoms with Crippen LogP contribution in [0.1, 0.15) is 19.4 Å². The highest BCUT2D eigenvalue weighted by Gasteiger charge is 2.14. The van der Waals surface area contributed by atoms with Gasteiger partial charge < -0.3 is 15.0 Å². The van der Waals surface area contributed by atoms with Crippen LogP contribution in [0.2, 0.25) is 0 Å². The Hall–Kier alpha value is -2.63. The van der Waals surface area contributed by atoms with E-state index in [1.54, 1.807) is 4.90 Å². The van der Waals surface area contributed by atoms with Crippen LogP contribution in [0.3, 0.4) is 0 Å². The first kappa shape index (κ1) is 19.4. The lowest BCUT2D eigenvalue weighted by atomic mass is 10.1. The number of hydrogen-bond donors (Lipinski definition) is 1. The quantitative estimate of drug-likeness (QED) is 0.546. The molecule has 0 saturated heterocycles. The van der Waals surface area contributed by atoms with Gasteiger partial charge in [0.2, 0.25) is 5.91 Å². The molecule has 0 spiro atoms. The molecule has 0 aromatic heterocycles. The van der Waals surface area contributed by atoms with Crippen molar-refractivity contribution in [2.45, 2.75) is 20.3 Å². The third kappa shape index (κ3) is 7.58. The standard InChI is InChI=1S/C18H24N2O4/c1-4-20(12-14(2)3)17(22)13-24-18(23)11-19-16(21)10-15-8-6-5-7-9-15/h5-9H,2,4,10-13H2,1,3H3,(H,19,21). The van der Waals surface area contributed by atoms with Crippen LogP contribution in [0, 0.1) is 0 Å². The zero-order valence-electron chi connectivity index (χ0n) is 14.2. The highest BCUT2D eigenvalue weighted by Crippen LogP contribution is 1.99. The first-order valence-electron chi connectivity index (χ1n) is 7.80. The maximum absolute atomic E-state index is 11.9. The number of hydrogen-bond acceptors (Lipinski definition) is 4. The summed E-state index contributed by atoms with van der Waals surface area (Å²) in [5.41, 5.74) is 1.71. The maximum Gasteiger partial charge on any atom is 0.325 e. The first-order chi connectivity index (χ1) is 11.4. The summed E-state index contributed by atoms with van der Waals surface area (Å²) in [6, 6.07) is 9.21. The molecule has 1 N–H and O–H groups in total. The zero-order chi connectivity index (χ0) is 17.9. The third-order valence-corrected chi connectivity index (χ3v) is 3.19. The lowest BCUT2D eigenvalue weighted by Gasteiger charge is -2.20.